The van der Waals surface area contributed by atoms with E-state index in [0.717, 1.165) is 11.4 Å². The number of aliphatic hydroxyl groups is 1. The molecule has 6 heteroatoms. The summed E-state index contributed by atoms with van der Waals surface area (Å²) in [6, 6.07) is 5.72. The van der Waals surface area contributed by atoms with Gasteiger partial charge >= 0.3 is 0 Å². The number of rotatable bonds is 6. The van der Waals surface area contributed by atoms with Crippen molar-refractivity contribution in [2.45, 2.75) is 13.5 Å². The van der Waals surface area contributed by atoms with Crippen LogP contribution in [0.15, 0.2) is 30.6 Å². The molecule has 100 valence electrons. The van der Waals surface area contributed by atoms with Gasteiger partial charge in [0.1, 0.15) is 17.5 Å². The van der Waals surface area contributed by atoms with Crippen LogP contribution >= 0.6 is 0 Å². The lowest BCUT2D eigenvalue weighted by atomic mass is 10.3. The van der Waals surface area contributed by atoms with Crippen LogP contribution in [0, 0.1) is 6.92 Å². The minimum Gasteiger partial charge on any atom is -0.395 e. The number of hydrogen-bond donors (Lipinski definition) is 3. The molecule has 2 aromatic heterocycles. The van der Waals surface area contributed by atoms with E-state index >= 15 is 0 Å². The Bertz CT molecular complexity index is 518. The quantitative estimate of drug-likeness (QED) is 0.723. The second-order valence-electron chi connectivity index (χ2n) is 4.05. The number of nitrogens with one attached hydrogen (secondary N) is 2. The molecule has 6 nitrogen and oxygen atoms in total. The molecule has 0 aliphatic rings. The fourth-order valence-electron chi connectivity index (χ4n) is 1.63. The summed E-state index contributed by atoms with van der Waals surface area (Å²) in [6.45, 7) is 3.06. The van der Waals surface area contributed by atoms with Crippen LogP contribution in [-0.2, 0) is 6.54 Å². The van der Waals surface area contributed by atoms with E-state index in [2.05, 4.69) is 25.6 Å². The van der Waals surface area contributed by atoms with Gasteiger partial charge < -0.3 is 15.7 Å². The van der Waals surface area contributed by atoms with Gasteiger partial charge in [-0.1, -0.05) is 0 Å². The van der Waals surface area contributed by atoms with Gasteiger partial charge in [0.2, 0.25) is 0 Å². The Morgan fingerprint density at radius 3 is 2.47 bits per heavy atom. The molecule has 0 saturated heterocycles. The van der Waals surface area contributed by atoms with Crippen molar-refractivity contribution in [3.05, 3.63) is 42.0 Å². The Hall–Kier alpha value is -2.21. The van der Waals surface area contributed by atoms with E-state index in [1.54, 1.807) is 12.4 Å². The van der Waals surface area contributed by atoms with Crippen molar-refractivity contribution in [3.63, 3.8) is 0 Å². The Morgan fingerprint density at radius 1 is 1.11 bits per heavy atom. The van der Waals surface area contributed by atoms with Crippen LogP contribution in [0.5, 0.6) is 0 Å². The number of aromatic nitrogens is 3. The molecule has 2 rings (SSSR count). The number of anilines is 2. The monoisotopic (exact) mass is 259 g/mol. The molecule has 0 atom stereocenters. The molecule has 0 spiro atoms. The predicted octanol–water partition coefficient (Wildman–Crippen LogP) is 1.20. The van der Waals surface area contributed by atoms with Gasteiger partial charge in [0.25, 0.3) is 0 Å². The van der Waals surface area contributed by atoms with Gasteiger partial charge in [0.05, 0.1) is 6.61 Å². The molecule has 3 N–H and O–H groups in total. The first-order valence-electron chi connectivity index (χ1n) is 6.11. The van der Waals surface area contributed by atoms with E-state index in [9.17, 15) is 0 Å². The van der Waals surface area contributed by atoms with Crippen LogP contribution in [0.4, 0.5) is 11.6 Å². The van der Waals surface area contributed by atoms with E-state index in [-0.39, 0.29) is 6.61 Å². The van der Waals surface area contributed by atoms with Gasteiger partial charge in [-0.15, -0.1) is 0 Å². The van der Waals surface area contributed by atoms with Crippen molar-refractivity contribution in [1.82, 2.24) is 15.0 Å². The van der Waals surface area contributed by atoms with Gasteiger partial charge in [-0.3, -0.25) is 4.98 Å². The highest BCUT2D eigenvalue weighted by atomic mass is 16.3. The lowest BCUT2D eigenvalue weighted by Gasteiger charge is -2.09. The lowest BCUT2D eigenvalue weighted by Crippen LogP contribution is -2.10. The number of nitrogens with zero attached hydrogens (tertiary/aromatic N) is 3. The topological polar surface area (TPSA) is 83.0 Å². The maximum atomic E-state index is 8.79. The van der Waals surface area contributed by atoms with Gasteiger partial charge in [-0.25, -0.2) is 9.97 Å². The zero-order chi connectivity index (χ0) is 13.5. The highest BCUT2D eigenvalue weighted by Crippen LogP contribution is 2.12. The third-order valence-corrected chi connectivity index (χ3v) is 2.48. The summed E-state index contributed by atoms with van der Waals surface area (Å²) in [7, 11) is 0. The highest BCUT2D eigenvalue weighted by Gasteiger charge is 2.01. The standard InChI is InChI=1S/C13H17N5O/c1-10-17-12(15-6-7-19)8-13(18-10)16-9-11-2-4-14-5-3-11/h2-5,8,19H,6-7,9H2,1H3,(H2,15,16,17,18). The molecule has 0 bridgehead atoms. The zero-order valence-corrected chi connectivity index (χ0v) is 10.8. The summed E-state index contributed by atoms with van der Waals surface area (Å²) in [5.74, 6) is 2.14. The highest BCUT2D eigenvalue weighted by molar-refractivity contribution is 5.47. The zero-order valence-electron chi connectivity index (χ0n) is 10.8. The molecule has 0 aromatic carbocycles. The summed E-state index contributed by atoms with van der Waals surface area (Å²) in [5.41, 5.74) is 1.14. The fraction of sp³-hybridized carbons (Fsp3) is 0.308. The summed E-state index contributed by atoms with van der Waals surface area (Å²) in [6.07, 6.45) is 3.52. The van der Waals surface area contributed by atoms with Crippen LogP contribution in [0.3, 0.4) is 0 Å². The summed E-state index contributed by atoms with van der Waals surface area (Å²) in [4.78, 5) is 12.5. The molecule has 19 heavy (non-hydrogen) atoms. The molecular weight excluding hydrogens is 242 g/mol. The molecule has 0 aliphatic carbocycles. The first-order valence-corrected chi connectivity index (χ1v) is 6.11. The number of hydrogen-bond acceptors (Lipinski definition) is 6. The van der Waals surface area contributed by atoms with E-state index in [0.29, 0.717) is 24.7 Å². The van der Waals surface area contributed by atoms with E-state index < -0.39 is 0 Å². The second kappa shape index (κ2) is 6.65. The molecule has 0 unspecified atom stereocenters. The summed E-state index contributed by atoms with van der Waals surface area (Å²) in [5, 5.41) is 15.1. The molecule has 2 heterocycles. The maximum absolute atomic E-state index is 8.79. The smallest absolute Gasteiger partial charge is 0.132 e. The molecular formula is C13H17N5O. The molecule has 2 aromatic rings. The molecule has 0 saturated carbocycles. The number of aliphatic hydroxyl groups excluding tert-OH is 1. The average Bonchev–Trinajstić information content (AvgIpc) is 2.43. The molecule has 0 amide bonds. The van der Waals surface area contributed by atoms with Crippen molar-refractivity contribution < 1.29 is 5.11 Å². The second-order valence-corrected chi connectivity index (χ2v) is 4.05. The molecule has 0 fully saturated rings. The number of pyridine rings is 1. The van der Waals surface area contributed by atoms with Crippen molar-refractivity contribution in [2.24, 2.45) is 0 Å². The minimum atomic E-state index is 0.0722. The summed E-state index contributed by atoms with van der Waals surface area (Å²) >= 11 is 0. The SMILES string of the molecule is Cc1nc(NCCO)cc(NCc2ccncc2)n1. The van der Waals surface area contributed by atoms with Gasteiger partial charge in [0, 0.05) is 31.5 Å². The lowest BCUT2D eigenvalue weighted by molar-refractivity contribution is 0.311. The summed E-state index contributed by atoms with van der Waals surface area (Å²) < 4.78 is 0. The van der Waals surface area contributed by atoms with Crippen LogP contribution in [0.1, 0.15) is 11.4 Å². The van der Waals surface area contributed by atoms with Crippen LogP contribution in [0.25, 0.3) is 0 Å². The molecule has 0 aliphatic heterocycles. The van der Waals surface area contributed by atoms with E-state index in [1.165, 1.54) is 0 Å². The van der Waals surface area contributed by atoms with Crippen LogP contribution in [-0.4, -0.2) is 33.2 Å². The average molecular weight is 259 g/mol. The fourth-order valence-corrected chi connectivity index (χ4v) is 1.63. The Kier molecular flexibility index (Phi) is 4.63. The first-order chi connectivity index (χ1) is 9.28. The van der Waals surface area contributed by atoms with Crippen molar-refractivity contribution in [3.8, 4) is 0 Å². The normalized spacial score (nSPS) is 10.2. The van der Waals surface area contributed by atoms with E-state index in [1.807, 2.05) is 25.1 Å². The third kappa shape index (κ3) is 4.18. The maximum Gasteiger partial charge on any atom is 0.132 e. The van der Waals surface area contributed by atoms with Crippen molar-refractivity contribution in [2.75, 3.05) is 23.8 Å². The minimum absolute atomic E-state index is 0.0722. The third-order valence-electron chi connectivity index (χ3n) is 2.48. The Balaban J connectivity index is 2.01. The van der Waals surface area contributed by atoms with Crippen molar-refractivity contribution in [1.29, 1.82) is 0 Å². The largest absolute Gasteiger partial charge is 0.395 e. The van der Waals surface area contributed by atoms with Crippen molar-refractivity contribution >= 4 is 11.6 Å². The van der Waals surface area contributed by atoms with Crippen LogP contribution in [0.2, 0.25) is 0 Å². The number of aryl methyl sites for hydroxylation is 1. The van der Waals surface area contributed by atoms with E-state index in [4.69, 9.17) is 5.11 Å². The van der Waals surface area contributed by atoms with Gasteiger partial charge in [0.15, 0.2) is 0 Å². The Labute approximate surface area is 112 Å². The van der Waals surface area contributed by atoms with Gasteiger partial charge in [-0.05, 0) is 24.6 Å². The first kappa shape index (κ1) is 13.2. The predicted molar refractivity (Wildman–Crippen MR) is 73.9 cm³/mol. The molecule has 0 radical (unpaired) electrons. The van der Waals surface area contributed by atoms with Crippen LogP contribution < -0.4 is 10.6 Å². The van der Waals surface area contributed by atoms with Gasteiger partial charge in [-0.2, -0.15) is 0 Å². The Morgan fingerprint density at radius 2 is 1.79 bits per heavy atom.